The topological polar surface area (TPSA) is 37.3 Å². The Bertz CT molecular complexity index is 180. The molecule has 0 fully saturated rings. The standard InChI is InChI=1S/C10H16O2/c1-3-4-5-6-7-8-9(2)10(11)12/h3-4H,2,5-8H2,1H3,(H,11,12). The smallest absolute Gasteiger partial charge is 0.330 e. The summed E-state index contributed by atoms with van der Waals surface area (Å²) in [5.74, 6) is -0.874. The summed E-state index contributed by atoms with van der Waals surface area (Å²) in [4.78, 5) is 10.3. The molecule has 0 aromatic rings. The lowest BCUT2D eigenvalue weighted by atomic mass is 10.1. The summed E-state index contributed by atoms with van der Waals surface area (Å²) in [6.45, 7) is 5.44. The Kier molecular flexibility index (Phi) is 6.07. The normalized spacial score (nSPS) is 10.4. The van der Waals surface area contributed by atoms with E-state index in [0.29, 0.717) is 12.0 Å². The van der Waals surface area contributed by atoms with Crippen molar-refractivity contribution in [1.29, 1.82) is 0 Å². The fraction of sp³-hybridized carbons (Fsp3) is 0.500. The number of carboxylic acids is 1. The zero-order valence-electron chi connectivity index (χ0n) is 7.55. The number of unbranched alkanes of at least 4 members (excludes halogenated alkanes) is 2. The molecule has 0 aliphatic carbocycles. The molecule has 0 bridgehead atoms. The third kappa shape index (κ3) is 5.71. The molecule has 0 saturated carbocycles. The van der Waals surface area contributed by atoms with Crippen LogP contribution < -0.4 is 0 Å². The molecule has 1 N–H and O–H groups in total. The average Bonchev–Trinajstić information content (AvgIpc) is 2.03. The van der Waals surface area contributed by atoms with Crippen LogP contribution in [-0.4, -0.2) is 11.1 Å². The number of hydrogen-bond donors (Lipinski definition) is 1. The fourth-order valence-corrected chi connectivity index (χ4v) is 0.874. The maximum absolute atomic E-state index is 10.3. The molecule has 0 atom stereocenters. The maximum atomic E-state index is 10.3. The molecule has 12 heavy (non-hydrogen) atoms. The zero-order valence-corrected chi connectivity index (χ0v) is 7.55. The van der Waals surface area contributed by atoms with Gasteiger partial charge in [-0.3, -0.25) is 0 Å². The van der Waals surface area contributed by atoms with Gasteiger partial charge in [-0.15, -0.1) is 0 Å². The van der Waals surface area contributed by atoms with Crippen LogP contribution in [0.3, 0.4) is 0 Å². The van der Waals surface area contributed by atoms with Crippen molar-refractivity contribution >= 4 is 5.97 Å². The van der Waals surface area contributed by atoms with Crippen molar-refractivity contribution in [2.45, 2.75) is 32.6 Å². The van der Waals surface area contributed by atoms with Crippen molar-refractivity contribution in [2.24, 2.45) is 0 Å². The molecular formula is C10H16O2. The van der Waals surface area contributed by atoms with E-state index in [1.54, 1.807) is 0 Å². The highest BCUT2D eigenvalue weighted by Crippen LogP contribution is 2.07. The Labute approximate surface area is 73.6 Å². The first-order chi connectivity index (χ1) is 5.68. The Hall–Kier alpha value is -1.05. The van der Waals surface area contributed by atoms with Gasteiger partial charge in [-0.25, -0.2) is 4.79 Å². The zero-order chi connectivity index (χ0) is 9.40. The predicted molar refractivity (Wildman–Crippen MR) is 50.1 cm³/mol. The van der Waals surface area contributed by atoms with Gasteiger partial charge in [0.25, 0.3) is 0 Å². The minimum Gasteiger partial charge on any atom is -0.478 e. The molecular weight excluding hydrogens is 152 g/mol. The molecule has 0 heterocycles. The van der Waals surface area contributed by atoms with Crippen LogP contribution in [0.1, 0.15) is 32.6 Å². The highest BCUT2D eigenvalue weighted by Gasteiger charge is 2.01. The highest BCUT2D eigenvalue weighted by atomic mass is 16.4. The molecule has 0 amide bonds. The number of hydrogen-bond acceptors (Lipinski definition) is 1. The first-order valence-corrected chi connectivity index (χ1v) is 4.20. The van der Waals surface area contributed by atoms with E-state index in [1.165, 1.54) is 0 Å². The summed E-state index contributed by atoms with van der Waals surface area (Å²) in [6.07, 6.45) is 7.68. The lowest BCUT2D eigenvalue weighted by Gasteiger charge is -1.97. The SMILES string of the molecule is C=C(CCCCC=CC)C(=O)O. The lowest BCUT2D eigenvalue weighted by Crippen LogP contribution is -1.98. The lowest BCUT2D eigenvalue weighted by molar-refractivity contribution is -0.132. The van der Waals surface area contributed by atoms with Gasteiger partial charge < -0.3 is 5.11 Å². The van der Waals surface area contributed by atoms with Crippen LogP contribution in [0, 0.1) is 0 Å². The van der Waals surface area contributed by atoms with E-state index < -0.39 is 5.97 Å². The van der Waals surface area contributed by atoms with Crippen LogP contribution in [0.2, 0.25) is 0 Å². The number of aliphatic carboxylic acids is 1. The van der Waals surface area contributed by atoms with Crippen LogP contribution >= 0.6 is 0 Å². The van der Waals surface area contributed by atoms with Gasteiger partial charge in [0, 0.05) is 5.57 Å². The van der Waals surface area contributed by atoms with Crippen LogP contribution in [0.5, 0.6) is 0 Å². The summed E-state index contributed by atoms with van der Waals surface area (Å²) < 4.78 is 0. The first kappa shape index (κ1) is 11.0. The van der Waals surface area contributed by atoms with Gasteiger partial charge in [0.05, 0.1) is 0 Å². The van der Waals surface area contributed by atoms with E-state index >= 15 is 0 Å². The minimum absolute atomic E-state index is 0.315. The van der Waals surface area contributed by atoms with Crippen LogP contribution in [0.4, 0.5) is 0 Å². The summed E-state index contributed by atoms with van der Waals surface area (Å²) in [7, 11) is 0. The van der Waals surface area contributed by atoms with E-state index in [9.17, 15) is 4.79 Å². The Morgan fingerprint density at radius 2 is 2.17 bits per heavy atom. The van der Waals surface area contributed by atoms with Crippen molar-refractivity contribution in [2.75, 3.05) is 0 Å². The van der Waals surface area contributed by atoms with Crippen molar-refractivity contribution in [3.8, 4) is 0 Å². The van der Waals surface area contributed by atoms with E-state index in [1.807, 2.05) is 13.0 Å². The number of carbonyl (C=O) groups is 1. The summed E-state index contributed by atoms with van der Waals surface area (Å²) >= 11 is 0. The van der Waals surface area contributed by atoms with Crippen molar-refractivity contribution in [3.05, 3.63) is 24.3 Å². The molecule has 0 aliphatic rings. The average molecular weight is 168 g/mol. The number of allylic oxidation sites excluding steroid dienone is 2. The van der Waals surface area contributed by atoms with E-state index in [-0.39, 0.29) is 0 Å². The second-order valence-corrected chi connectivity index (χ2v) is 2.72. The van der Waals surface area contributed by atoms with E-state index in [2.05, 4.69) is 12.7 Å². The number of carboxylic acid groups (broad SMARTS) is 1. The Balaban J connectivity index is 3.32. The molecule has 0 spiro atoms. The molecule has 2 heteroatoms. The molecule has 0 saturated heterocycles. The molecule has 0 unspecified atom stereocenters. The number of rotatable bonds is 6. The second-order valence-electron chi connectivity index (χ2n) is 2.72. The summed E-state index contributed by atoms with van der Waals surface area (Å²) in [5.41, 5.74) is 0.315. The van der Waals surface area contributed by atoms with Gasteiger partial charge >= 0.3 is 5.97 Å². The van der Waals surface area contributed by atoms with Gasteiger partial charge in [-0.1, -0.05) is 18.7 Å². The summed E-state index contributed by atoms with van der Waals surface area (Å²) in [6, 6.07) is 0. The molecule has 68 valence electrons. The van der Waals surface area contributed by atoms with Gasteiger partial charge in [-0.2, -0.15) is 0 Å². The quantitative estimate of drug-likeness (QED) is 0.376. The largest absolute Gasteiger partial charge is 0.478 e. The van der Waals surface area contributed by atoms with Crippen molar-refractivity contribution < 1.29 is 9.90 Å². The molecule has 0 aromatic heterocycles. The van der Waals surface area contributed by atoms with E-state index in [4.69, 9.17) is 5.11 Å². The minimum atomic E-state index is -0.874. The monoisotopic (exact) mass is 168 g/mol. The van der Waals surface area contributed by atoms with Gasteiger partial charge in [-0.05, 0) is 32.6 Å². The third-order valence-electron chi connectivity index (χ3n) is 1.64. The highest BCUT2D eigenvalue weighted by molar-refractivity contribution is 5.85. The van der Waals surface area contributed by atoms with Crippen molar-refractivity contribution in [3.63, 3.8) is 0 Å². The molecule has 0 aromatic carbocycles. The molecule has 0 rings (SSSR count). The van der Waals surface area contributed by atoms with Crippen LogP contribution in [0.15, 0.2) is 24.3 Å². The van der Waals surface area contributed by atoms with Crippen LogP contribution in [-0.2, 0) is 4.79 Å². The predicted octanol–water partition coefficient (Wildman–Crippen LogP) is 2.76. The maximum Gasteiger partial charge on any atom is 0.330 e. The Morgan fingerprint density at radius 3 is 2.67 bits per heavy atom. The van der Waals surface area contributed by atoms with Gasteiger partial charge in [0.15, 0.2) is 0 Å². The summed E-state index contributed by atoms with van der Waals surface area (Å²) in [5, 5.41) is 8.47. The van der Waals surface area contributed by atoms with Gasteiger partial charge in [0.1, 0.15) is 0 Å². The molecule has 2 nitrogen and oxygen atoms in total. The van der Waals surface area contributed by atoms with Crippen LogP contribution in [0.25, 0.3) is 0 Å². The van der Waals surface area contributed by atoms with Crippen molar-refractivity contribution in [1.82, 2.24) is 0 Å². The third-order valence-corrected chi connectivity index (χ3v) is 1.64. The van der Waals surface area contributed by atoms with E-state index in [0.717, 1.165) is 19.3 Å². The Morgan fingerprint density at radius 1 is 1.50 bits per heavy atom. The first-order valence-electron chi connectivity index (χ1n) is 4.20. The van der Waals surface area contributed by atoms with Gasteiger partial charge in [0.2, 0.25) is 0 Å². The fourth-order valence-electron chi connectivity index (χ4n) is 0.874. The molecule has 0 radical (unpaired) electrons. The molecule has 0 aliphatic heterocycles. The second kappa shape index (κ2) is 6.65.